The second-order valence-corrected chi connectivity index (χ2v) is 6.71. The van der Waals surface area contributed by atoms with Gasteiger partial charge in [0.1, 0.15) is 11.6 Å². The van der Waals surface area contributed by atoms with Gasteiger partial charge in [-0.3, -0.25) is 9.59 Å². The number of benzene rings is 2. The van der Waals surface area contributed by atoms with Gasteiger partial charge < -0.3 is 20.0 Å². The lowest BCUT2D eigenvalue weighted by atomic mass is 10.1. The first-order chi connectivity index (χ1) is 14.6. The monoisotopic (exact) mass is 406 g/mol. The summed E-state index contributed by atoms with van der Waals surface area (Å²) in [5.41, 5.74) is 2.63. The van der Waals surface area contributed by atoms with E-state index in [0.717, 1.165) is 11.0 Å². The molecule has 0 saturated heterocycles. The summed E-state index contributed by atoms with van der Waals surface area (Å²) in [6.45, 7) is 0.185. The van der Waals surface area contributed by atoms with E-state index >= 15 is 0 Å². The van der Waals surface area contributed by atoms with Crippen LogP contribution in [0.5, 0.6) is 0 Å². The molecule has 4 aromatic rings. The Morgan fingerprint density at radius 2 is 1.97 bits per heavy atom. The molecule has 152 valence electrons. The summed E-state index contributed by atoms with van der Waals surface area (Å²) >= 11 is 0. The van der Waals surface area contributed by atoms with Crippen LogP contribution in [0.25, 0.3) is 11.0 Å². The number of halogens is 1. The lowest BCUT2D eigenvalue weighted by Crippen LogP contribution is -2.27. The number of nitrogens with zero attached hydrogens (tertiary/aromatic N) is 1. The number of aromatic amines is 1. The van der Waals surface area contributed by atoms with E-state index in [9.17, 15) is 14.0 Å². The number of hydrogen-bond donors (Lipinski definition) is 3. The van der Waals surface area contributed by atoms with E-state index < -0.39 is 0 Å². The summed E-state index contributed by atoms with van der Waals surface area (Å²) in [7, 11) is 0. The smallest absolute Gasteiger partial charge is 0.286 e. The van der Waals surface area contributed by atoms with Crippen molar-refractivity contribution in [2.45, 2.75) is 12.8 Å². The second-order valence-electron chi connectivity index (χ2n) is 6.71. The Morgan fingerprint density at radius 3 is 2.77 bits per heavy atom. The lowest BCUT2D eigenvalue weighted by molar-refractivity contribution is -0.116. The molecule has 0 atom stereocenters. The van der Waals surface area contributed by atoms with Crippen LogP contribution >= 0.6 is 0 Å². The highest BCUT2D eigenvalue weighted by Gasteiger charge is 2.11. The average Bonchev–Trinajstić information content (AvgIpc) is 3.39. The van der Waals surface area contributed by atoms with Gasteiger partial charge in [-0.05, 0) is 42.0 Å². The van der Waals surface area contributed by atoms with E-state index in [0.29, 0.717) is 23.5 Å². The number of imidazole rings is 1. The molecule has 0 aliphatic rings. The van der Waals surface area contributed by atoms with E-state index in [1.54, 1.807) is 48.5 Å². The van der Waals surface area contributed by atoms with Crippen molar-refractivity contribution in [3.8, 4) is 0 Å². The van der Waals surface area contributed by atoms with Crippen LogP contribution in [0, 0.1) is 5.82 Å². The SMILES string of the molecule is O=C(CCNC(=O)c1ccco1)Nc1ccc2nc(Cc3ccccc3F)[nH]c2c1. The van der Waals surface area contributed by atoms with Crippen LogP contribution in [-0.4, -0.2) is 28.3 Å². The molecule has 2 heterocycles. The molecular weight excluding hydrogens is 387 g/mol. The van der Waals surface area contributed by atoms with Crippen molar-refractivity contribution in [3.05, 3.63) is 83.8 Å². The number of fused-ring (bicyclic) bond motifs is 1. The number of anilines is 1. The van der Waals surface area contributed by atoms with Crippen LogP contribution in [0.4, 0.5) is 10.1 Å². The highest BCUT2D eigenvalue weighted by molar-refractivity contribution is 5.94. The molecule has 2 amide bonds. The Hall–Kier alpha value is -3.94. The summed E-state index contributed by atoms with van der Waals surface area (Å²) in [6.07, 6.45) is 1.87. The minimum absolute atomic E-state index is 0.117. The van der Waals surface area contributed by atoms with Crippen molar-refractivity contribution in [1.82, 2.24) is 15.3 Å². The van der Waals surface area contributed by atoms with Gasteiger partial charge in [0.25, 0.3) is 5.91 Å². The van der Waals surface area contributed by atoms with E-state index in [2.05, 4.69) is 20.6 Å². The molecule has 4 rings (SSSR count). The Balaban J connectivity index is 1.34. The molecule has 2 aromatic carbocycles. The second kappa shape index (κ2) is 8.60. The number of H-pyrrole nitrogens is 1. The quantitative estimate of drug-likeness (QED) is 0.436. The van der Waals surface area contributed by atoms with Gasteiger partial charge in [-0.2, -0.15) is 0 Å². The molecule has 0 fully saturated rings. The fraction of sp³-hybridized carbons (Fsp3) is 0.136. The molecular formula is C22H19FN4O3. The topological polar surface area (TPSA) is 100 Å². The number of rotatable bonds is 7. The standard InChI is InChI=1S/C22H19FN4O3/c23-16-5-2-1-4-14(16)12-20-26-17-8-7-15(13-18(17)27-20)25-21(28)9-10-24-22(29)19-6-3-11-30-19/h1-8,11,13H,9-10,12H2,(H,24,29)(H,25,28)(H,26,27). The van der Waals surface area contributed by atoms with Crippen molar-refractivity contribution in [3.63, 3.8) is 0 Å². The third-order valence-electron chi connectivity index (χ3n) is 4.51. The van der Waals surface area contributed by atoms with Crippen molar-refractivity contribution < 1.29 is 18.4 Å². The summed E-state index contributed by atoms with van der Waals surface area (Å²) in [6, 6.07) is 15.0. The predicted octanol–water partition coefficient (Wildman–Crippen LogP) is 3.64. The molecule has 0 aliphatic heterocycles. The van der Waals surface area contributed by atoms with E-state index in [4.69, 9.17) is 4.42 Å². The van der Waals surface area contributed by atoms with Crippen LogP contribution < -0.4 is 10.6 Å². The number of hydrogen-bond acceptors (Lipinski definition) is 4. The normalized spacial score (nSPS) is 10.8. The minimum Gasteiger partial charge on any atom is -0.459 e. The van der Waals surface area contributed by atoms with E-state index in [1.165, 1.54) is 12.3 Å². The summed E-state index contributed by atoms with van der Waals surface area (Å²) < 4.78 is 18.8. The van der Waals surface area contributed by atoms with Gasteiger partial charge >= 0.3 is 0 Å². The van der Waals surface area contributed by atoms with Crippen molar-refractivity contribution in [2.24, 2.45) is 0 Å². The van der Waals surface area contributed by atoms with E-state index in [1.807, 2.05) is 0 Å². The number of aromatic nitrogens is 2. The Kier molecular flexibility index (Phi) is 5.56. The van der Waals surface area contributed by atoms with Crippen molar-refractivity contribution in [2.75, 3.05) is 11.9 Å². The number of nitrogens with one attached hydrogen (secondary N) is 3. The first kappa shape index (κ1) is 19.4. The number of carbonyl (C=O) groups is 2. The molecule has 7 nitrogen and oxygen atoms in total. The number of carbonyl (C=O) groups excluding carboxylic acids is 2. The fourth-order valence-electron chi connectivity index (χ4n) is 3.05. The molecule has 8 heteroatoms. The van der Waals surface area contributed by atoms with Crippen LogP contribution in [-0.2, 0) is 11.2 Å². The summed E-state index contributed by atoms with van der Waals surface area (Å²) in [5, 5.41) is 5.41. The maximum atomic E-state index is 13.8. The van der Waals surface area contributed by atoms with Crippen LogP contribution in [0.3, 0.4) is 0 Å². The first-order valence-electron chi connectivity index (χ1n) is 9.42. The third-order valence-corrected chi connectivity index (χ3v) is 4.51. The van der Waals surface area contributed by atoms with Crippen LogP contribution in [0.2, 0.25) is 0 Å². The zero-order valence-corrected chi connectivity index (χ0v) is 15.9. The van der Waals surface area contributed by atoms with Gasteiger partial charge in [0, 0.05) is 25.1 Å². The van der Waals surface area contributed by atoms with Gasteiger partial charge in [0.2, 0.25) is 5.91 Å². The Bertz CT molecular complexity index is 1180. The zero-order chi connectivity index (χ0) is 20.9. The molecule has 2 aromatic heterocycles. The molecule has 0 radical (unpaired) electrons. The van der Waals surface area contributed by atoms with E-state index in [-0.39, 0.29) is 36.4 Å². The maximum absolute atomic E-state index is 13.8. The fourth-order valence-corrected chi connectivity index (χ4v) is 3.05. The average molecular weight is 406 g/mol. The highest BCUT2D eigenvalue weighted by atomic mass is 19.1. The van der Waals surface area contributed by atoms with Crippen molar-refractivity contribution >= 4 is 28.5 Å². The summed E-state index contributed by atoms with van der Waals surface area (Å²) in [4.78, 5) is 31.6. The Morgan fingerprint density at radius 1 is 1.10 bits per heavy atom. The molecule has 0 unspecified atom stereocenters. The van der Waals surface area contributed by atoms with Gasteiger partial charge in [0.15, 0.2) is 5.76 Å². The summed E-state index contributed by atoms with van der Waals surface area (Å²) in [5.74, 6) is -0.0372. The Labute approximate surface area is 171 Å². The zero-order valence-electron chi connectivity index (χ0n) is 15.9. The van der Waals surface area contributed by atoms with Gasteiger partial charge in [0.05, 0.1) is 17.3 Å². The largest absolute Gasteiger partial charge is 0.459 e. The number of amides is 2. The molecule has 0 spiro atoms. The molecule has 0 bridgehead atoms. The molecule has 0 saturated carbocycles. The molecule has 30 heavy (non-hydrogen) atoms. The van der Waals surface area contributed by atoms with Gasteiger partial charge in [-0.1, -0.05) is 18.2 Å². The number of furan rings is 1. The van der Waals surface area contributed by atoms with Gasteiger partial charge in [-0.25, -0.2) is 9.37 Å². The van der Waals surface area contributed by atoms with Crippen LogP contribution in [0.1, 0.15) is 28.4 Å². The predicted molar refractivity (Wildman–Crippen MR) is 110 cm³/mol. The van der Waals surface area contributed by atoms with Gasteiger partial charge in [-0.15, -0.1) is 0 Å². The van der Waals surface area contributed by atoms with Crippen LogP contribution in [0.15, 0.2) is 65.3 Å². The van der Waals surface area contributed by atoms with Crippen molar-refractivity contribution in [1.29, 1.82) is 0 Å². The third kappa shape index (κ3) is 4.54. The maximum Gasteiger partial charge on any atom is 0.286 e. The molecule has 0 aliphatic carbocycles. The minimum atomic E-state index is -0.367. The first-order valence-corrected chi connectivity index (χ1v) is 9.42. The lowest BCUT2D eigenvalue weighted by Gasteiger charge is -2.06. The highest BCUT2D eigenvalue weighted by Crippen LogP contribution is 2.19. The molecule has 3 N–H and O–H groups in total.